The number of halogens is 1. The molecule has 0 bridgehead atoms. The number of rotatable bonds is 7. The van der Waals surface area contributed by atoms with Crippen molar-refractivity contribution in [1.29, 1.82) is 0 Å². The molecule has 3 N–H and O–H groups in total. The van der Waals surface area contributed by atoms with Gasteiger partial charge in [-0.2, -0.15) is 0 Å². The molecule has 10 heteroatoms. The van der Waals surface area contributed by atoms with Crippen LogP contribution in [0.5, 0.6) is 0 Å². The molecule has 0 aliphatic carbocycles. The van der Waals surface area contributed by atoms with Gasteiger partial charge in [-0.05, 0) is 54.1 Å². The van der Waals surface area contributed by atoms with Crippen LogP contribution < -0.4 is 11.1 Å². The van der Waals surface area contributed by atoms with Crippen molar-refractivity contribution in [3.05, 3.63) is 70.7 Å². The lowest BCUT2D eigenvalue weighted by atomic mass is 10.2. The molecule has 0 saturated heterocycles. The highest BCUT2D eigenvalue weighted by Crippen LogP contribution is 2.34. The number of benzene rings is 3. The number of aromatic nitrogens is 2. The highest BCUT2D eigenvalue weighted by Gasteiger charge is 2.10. The molecule has 0 spiro atoms. The third-order valence-corrected chi connectivity index (χ3v) is 9.57. The molecule has 0 aliphatic heterocycles. The third-order valence-electron chi connectivity index (χ3n) is 4.65. The Morgan fingerprint density at radius 3 is 2.33 bits per heavy atom. The molecule has 0 unspecified atom stereocenters. The molecular weight excluding hydrogens is 556 g/mol. The number of nitrogen functional groups attached to an aromatic ring is 1. The number of fused-ring (bicyclic) bond motifs is 2. The maximum Gasteiger partial charge on any atom is 0.234 e. The second kappa shape index (κ2) is 10.0. The molecule has 2 aromatic heterocycles. The summed E-state index contributed by atoms with van der Waals surface area (Å²) in [7, 11) is 0. The van der Waals surface area contributed by atoms with Crippen LogP contribution in [0.4, 0.5) is 11.4 Å². The summed E-state index contributed by atoms with van der Waals surface area (Å²) in [5.41, 5.74) is 10.4. The van der Waals surface area contributed by atoms with Crippen LogP contribution in [0.15, 0.2) is 73.8 Å². The maximum absolute atomic E-state index is 12.5. The number of thioether (sulfide) groups is 2. The SMILES string of the molecule is Nc1ccc2nc(SCC(=O)Nc3ccc4nc(SCc5ccc(Br)cc5)sc4c3)sc2c1. The van der Waals surface area contributed by atoms with E-state index in [9.17, 15) is 4.79 Å². The number of amides is 1. The first-order chi connectivity index (χ1) is 16.0. The molecule has 0 radical (unpaired) electrons. The van der Waals surface area contributed by atoms with E-state index in [0.717, 1.165) is 45.0 Å². The van der Waals surface area contributed by atoms with Gasteiger partial charge in [0.2, 0.25) is 5.91 Å². The topological polar surface area (TPSA) is 80.9 Å². The van der Waals surface area contributed by atoms with Crippen LogP contribution in [-0.4, -0.2) is 21.6 Å². The molecule has 5 rings (SSSR count). The Morgan fingerprint density at radius 2 is 1.58 bits per heavy atom. The van der Waals surface area contributed by atoms with Gasteiger partial charge in [0.1, 0.15) is 0 Å². The molecule has 33 heavy (non-hydrogen) atoms. The number of nitrogens with zero attached hydrogens (tertiary/aromatic N) is 2. The lowest BCUT2D eigenvalue weighted by Crippen LogP contribution is -2.13. The number of hydrogen-bond donors (Lipinski definition) is 2. The number of nitrogens with two attached hydrogens (primary N) is 1. The van der Waals surface area contributed by atoms with E-state index >= 15 is 0 Å². The molecule has 2 heterocycles. The summed E-state index contributed by atoms with van der Waals surface area (Å²) >= 11 is 9.81. The average Bonchev–Trinajstić information content (AvgIpc) is 3.40. The van der Waals surface area contributed by atoms with Gasteiger partial charge in [0.25, 0.3) is 0 Å². The molecule has 0 fully saturated rings. The Labute approximate surface area is 215 Å². The van der Waals surface area contributed by atoms with E-state index in [-0.39, 0.29) is 5.91 Å². The normalized spacial score (nSPS) is 11.3. The van der Waals surface area contributed by atoms with Crippen molar-refractivity contribution < 1.29 is 4.79 Å². The van der Waals surface area contributed by atoms with Crippen molar-refractivity contribution in [2.24, 2.45) is 0 Å². The van der Waals surface area contributed by atoms with Crippen molar-refractivity contribution in [1.82, 2.24) is 9.97 Å². The molecule has 5 nitrogen and oxygen atoms in total. The summed E-state index contributed by atoms with van der Waals surface area (Å²) in [6.07, 6.45) is 0. The van der Waals surface area contributed by atoms with E-state index in [4.69, 9.17) is 10.7 Å². The maximum atomic E-state index is 12.5. The number of hydrogen-bond acceptors (Lipinski definition) is 8. The van der Waals surface area contributed by atoms with Crippen LogP contribution in [0.2, 0.25) is 0 Å². The fraction of sp³-hybridized carbons (Fsp3) is 0.0870. The first kappa shape index (κ1) is 22.7. The molecule has 166 valence electrons. The third kappa shape index (κ3) is 5.70. The fourth-order valence-corrected chi connectivity index (χ4v) is 7.32. The van der Waals surface area contributed by atoms with Crippen molar-refractivity contribution in [3.63, 3.8) is 0 Å². The zero-order valence-electron chi connectivity index (χ0n) is 17.1. The predicted molar refractivity (Wildman–Crippen MR) is 147 cm³/mol. The highest BCUT2D eigenvalue weighted by molar-refractivity contribution is 9.10. The van der Waals surface area contributed by atoms with Crippen LogP contribution in [0.25, 0.3) is 20.4 Å². The smallest absolute Gasteiger partial charge is 0.234 e. The Balaban J connectivity index is 1.19. The van der Waals surface area contributed by atoms with Gasteiger partial charge < -0.3 is 11.1 Å². The summed E-state index contributed by atoms with van der Waals surface area (Å²) in [4.78, 5) is 21.7. The highest BCUT2D eigenvalue weighted by atomic mass is 79.9. The summed E-state index contributed by atoms with van der Waals surface area (Å²) in [6, 6.07) is 19.8. The number of carbonyl (C=O) groups is 1. The summed E-state index contributed by atoms with van der Waals surface area (Å²) in [5, 5.41) is 2.98. The van der Waals surface area contributed by atoms with Crippen LogP contribution in [-0.2, 0) is 10.5 Å². The van der Waals surface area contributed by atoms with Crippen LogP contribution in [0.1, 0.15) is 5.56 Å². The standard InChI is InChI=1S/C23H17BrN4OS4/c24-14-3-1-13(2-4-14)11-30-22-28-18-8-6-16(10-20(18)33-22)26-21(29)12-31-23-27-17-7-5-15(25)9-19(17)32-23/h1-10H,11-12,25H2,(H,26,29). The lowest BCUT2D eigenvalue weighted by molar-refractivity contribution is -0.113. The van der Waals surface area contributed by atoms with Gasteiger partial charge in [0, 0.05) is 21.6 Å². The van der Waals surface area contributed by atoms with Gasteiger partial charge in [-0.3, -0.25) is 4.79 Å². The molecule has 1 amide bonds. The molecule has 0 aliphatic rings. The van der Waals surface area contributed by atoms with Crippen molar-refractivity contribution in [3.8, 4) is 0 Å². The quantitative estimate of drug-likeness (QED) is 0.157. The Morgan fingerprint density at radius 1 is 0.909 bits per heavy atom. The van der Waals surface area contributed by atoms with E-state index in [2.05, 4.69) is 38.4 Å². The van der Waals surface area contributed by atoms with Crippen LogP contribution in [0, 0.1) is 0 Å². The molecule has 0 saturated carbocycles. The van der Waals surface area contributed by atoms with Crippen LogP contribution >= 0.6 is 62.1 Å². The van der Waals surface area contributed by atoms with Gasteiger partial charge in [-0.25, -0.2) is 9.97 Å². The second-order valence-corrected chi connectivity index (χ2v) is 12.5. The Hall–Kier alpha value is -2.11. The van der Waals surface area contributed by atoms with Gasteiger partial charge in [0.15, 0.2) is 8.68 Å². The number of thiazole rings is 2. The molecule has 0 atom stereocenters. The number of nitrogens with one attached hydrogen (secondary N) is 1. The van der Waals surface area contributed by atoms with Crippen molar-refractivity contribution in [2.75, 3.05) is 16.8 Å². The van der Waals surface area contributed by atoms with E-state index in [1.807, 2.05) is 48.5 Å². The van der Waals surface area contributed by atoms with Gasteiger partial charge >= 0.3 is 0 Å². The minimum atomic E-state index is -0.0625. The van der Waals surface area contributed by atoms with Gasteiger partial charge in [0.05, 0.1) is 26.2 Å². The zero-order valence-corrected chi connectivity index (χ0v) is 21.9. The molecule has 3 aromatic carbocycles. The summed E-state index contributed by atoms with van der Waals surface area (Å²) in [5.74, 6) is 1.10. The van der Waals surface area contributed by atoms with E-state index in [0.29, 0.717) is 11.4 Å². The molecular formula is C23H17BrN4OS4. The van der Waals surface area contributed by atoms with Crippen molar-refractivity contribution >= 4 is 99.8 Å². The Bertz CT molecular complexity index is 1450. The zero-order chi connectivity index (χ0) is 22.8. The lowest BCUT2D eigenvalue weighted by Gasteiger charge is -2.03. The van der Waals surface area contributed by atoms with Crippen molar-refractivity contribution in [2.45, 2.75) is 14.4 Å². The average molecular weight is 574 g/mol. The largest absolute Gasteiger partial charge is 0.399 e. The van der Waals surface area contributed by atoms with Crippen LogP contribution in [0.3, 0.4) is 0 Å². The fourth-order valence-electron chi connectivity index (χ4n) is 3.07. The summed E-state index contributed by atoms with van der Waals surface area (Å²) < 4.78 is 5.04. The minimum Gasteiger partial charge on any atom is -0.399 e. The van der Waals surface area contributed by atoms with Gasteiger partial charge in [-0.1, -0.05) is 51.6 Å². The predicted octanol–water partition coefficient (Wildman–Crippen LogP) is 7.27. The van der Waals surface area contributed by atoms with Gasteiger partial charge in [-0.15, -0.1) is 22.7 Å². The first-order valence-corrected chi connectivity index (χ1v) is 14.3. The number of carbonyl (C=O) groups excluding carboxylic acids is 1. The molecule has 5 aromatic rings. The van der Waals surface area contributed by atoms with E-state index in [1.54, 1.807) is 34.4 Å². The summed E-state index contributed by atoms with van der Waals surface area (Å²) in [6.45, 7) is 0. The Kier molecular flexibility index (Phi) is 6.89. The number of anilines is 2. The second-order valence-electron chi connectivity index (χ2n) is 7.12. The van der Waals surface area contributed by atoms with E-state index in [1.165, 1.54) is 17.3 Å². The minimum absolute atomic E-state index is 0.0625. The monoisotopic (exact) mass is 572 g/mol. The first-order valence-electron chi connectivity index (χ1n) is 9.88. The van der Waals surface area contributed by atoms with E-state index < -0.39 is 0 Å².